The summed E-state index contributed by atoms with van der Waals surface area (Å²) in [6.45, 7) is 2.21. The standard InChI is InChI=1S/C22H23ClN2O2/c1-25-13-11-16-18(23)9-10-19-20(16)17(14-25)21(27-19)22(26)24-12-5-8-15-6-3-2-4-7-15/h2-4,6-7,9-10H,5,8,11-14H2,1H3,(H,24,26). The van der Waals surface area contributed by atoms with Gasteiger partial charge in [-0.2, -0.15) is 0 Å². The van der Waals surface area contributed by atoms with Crippen molar-refractivity contribution in [1.29, 1.82) is 0 Å². The molecule has 0 aliphatic carbocycles. The lowest BCUT2D eigenvalue weighted by Crippen LogP contribution is -2.26. The Kier molecular flexibility index (Phi) is 5.19. The molecule has 3 aromatic rings. The monoisotopic (exact) mass is 382 g/mol. The third kappa shape index (κ3) is 3.73. The predicted molar refractivity (Wildman–Crippen MR) is 108 cm³/mol. The van der Waals surface area contributed by atoms with E-state index in [2.05, 4.69) is 29.4 Å². The average Bonchev–Trinajstić information content (AvgIpc) is 2.93. The van der Waals surface area contributed by atoms with E-state index in [-0.39, 0.29) is 5.91 Å². The van der Waals surface area contributed by atoms with E-state index >= 15 is 0 Å². The van der Waals surface area contributed by atoms with Crippen LogP contribution >= 0.6 is 11.6 Å². The summed E-state index contributed by atoms with van der Waals surface area (Å²) in [6.07, 6.45) is 2.69. The van der Waals surface area contributed by atoms with Gasteiger partial charge in [0.25, 0.3) is 5.91 Å². The van der Waals surface area contributed by atoms with Crippen molar-refractivity contribution in [3.63, 3.8) is 0 Å². The Balaban J connectivity index is 1.52. The quantitative estimate of drug-likeness (QED) is 0.663. The number of hydrogen-bond acceptors (Lipinski definition) is 3. The fraction of sp³-hybridized carbons (Fsp3) is 0.318. The first-order chi connectivity index (χ1) is 13.1. The molecule has 1 aliphatic heterocycles. The van der Waals surface area contributed by atoms with E-state index in [1.165, 1.54) is 5.56 Å². The van der Waals surface area contributed by atoms with Crippen LogP contribution in [-0.2, 0) is 19.4 Å². The molecular formula is C22H23ClN2O2. The van der Waals surface area contributed by atoms with Gasteiger partial charge in [0.15, 0.2) is 5.76 Å². The first-order valence-electron chi connectivity index (χ1n) is 9.37. The first kappa shape index (κ1) is 18.1. The van der Waals surface area contributed by atoms with E-state index in [0.29, 0.717) is 18.8 Å². The minimum atomic E-state index is -0.147. The van der Waals surface area contributed by atoms with E-state index in [0.717, 1.165) is 52.9 Å². The van der Waals surface area contributed by atoms with Crippen LogP contribution in [0.4, 0.5) is 0 Å². The van der Waals surface area contributed by atoms with Crippen molar-refractivity contribution >= 4 is 28.5 Å². The van der Waals surface area contributed by atoms with E-state index in [4.69, 9.17) is 16.0 Å². The summed E-state index contributed by atoms with van der Waals surface area (Å²) in [5, 5.41) is 4.77. The van der Waals surface area contributed by atoms with Crippen LogP contribution in [0.1, 0.15) is 33.7 Å². The van der Waals surface area contributed by atoms with Gasteiger partial charge in [0, 0.05) is 35.6 Å². The summed E-state index contributed by atoms with van der Waals surface area (Å²) in [6, 6.07) is 14.0. The third-order valence-corrected chi connectivity index (χ3v) is 5.51. The molecule has 2 heterocycles. The number of halogens is 1. The van der Waals surface area contributed by atoms with Crippen molar-refractivity contribution in [1.82, 2.24) is 10.2 Å². The number of nitrogens with one attached hydrogen (secondary N) is 1. The van der Waals surface area contributed by atoms with Gasteiger partial charge in [-0.15, -0.1) is 0 Å². The van der Waals surface area contributed by atoms with E-state index < -0.39 is 0 Å². The first-order valence-corrected chi connectivity index (χ1v) is 9.74. The van der Waals surface area contributed by atoms with Gasteiger partial charge in [-0.3, -0.25) is 4.79 Å². The molecule has 1 N–H and O–H groups in total. The van der Waals surface area contributed by atoms with Gasteiger partial charge in [0.05, 0.1) is 0 Å². The number of benzene rings is 2. The molecule has 5 heteroatoms. The van der Waals surface area contributed by atoms with Gasteiger partial charge in [-0.25, -0.2) is 0 Å². The summed E-state index contributed by atoms with van der Waals surface area (Å²) in [7, 11) is 2.06. The van der Waals surface area contributed by atoms with Crippen molar-refractivity contribution in [2.24, 2.45) is 0 Å². The Morgan fingerprint density at radius 2 is 2.00 bits per heavy atom. The number of rotatable bonds is 5. The second kappa shape index (κ2) is 7.75. The number of hydrogen-bond donors (Lipinski definition) is 1. The van der Waals surface area contributed by atoms with Crippen LogP contribution in [0.5, 0.6) is 0 Å². The maximum atomic E-state index is 12.8. The van der Waals surface area contributed by atoms with Crippen molar-refractivity contribution in [3.05, 3.63) is 69.9 Å². The van der Waals surface area contributed by atoms with Gasteiger partial charge in [0.2, 0.25) is 0 Å². The van der Waals surface area contributed by atoms with Crippen LogP contribution in [0.3, 0.4) is 0 Å². The maximum absolute atomic E-state index is 12.8. The highest BCUT2D eigenvalue weighted by molar-refractivity contribution is 6.32. The lowest BCUT2D eigenvalue weighted by Gasteiger charge is -2.13. The highest BCUT2D eigenvalue weighted by Gasteiger charge is 2.26. The maximum Gasteiger partial charge on any atom is 0.287 e. The SMILES string of the molecule is CN1CCc2c(Cl)ccc3oc(C(=O)NCCCc4ccccc4)c(c23)C1. The number of amides is 1. The van der Waals surface area contributed by atoms with Crippen molar-refractivity contribution < 1.29 is 9.21 Å². The molecule has 2 aromatic carbocycles. The molecule has 0 unspecified atom stereocenters. The third-order valence-electron chi connectivity index (χ3n) is 5.15. The fourth-order valence-corrected chi connectivity index (χ4v) is 4.00. The molecule has 0 saturated heterocycles. The molecule has 0 fully saturated rings. The second-order valence-corrected chi connectivity index (χ2v) is 7.55. The molecule has 27 heavy (non-hydrogen) atoms. The van der Waals surface area contributed by atoms with Gasteiger partial charge in [-0.1, -0.05) is 41.9 Å². The zero-order valence-corrected chi connectivity index (χ0v) is 16.2. The lowest BCUT2D eigenvalue weighted by atomic mass is 10.0. The van der Waals surface area contributed by atoms with Crippen LogP contribution in [0, 0.1) is 0 Å². The molecule has 140 valence electrons. The number of furan rings is 1. The molecule has 0 radical (unpaired) electrons. The van der Waals surface area contributed by atoms with Crippen LogP contribution in [-0.4, -0.2) is 30.9 Å². The largest absolute Gasteiger partial charge is 0.451 e. The molecule has 0 bridgehead atoms. The number of carbonyl (C=O) groups excluding carboxylic acids is 1. The van der Waals surface area contributed by atoms with Gasteiger partial charge in [0.1, 0.15) is 5.58 Å². The zero-order valence-electron chi connectivity index (χ0n) is 15.4. The molecule has 4 nitrogen and oxygen atoms in total. The Hall–Kier alpha value is -2.30. The molecule has 1 aromatic heterocycles. The molecule has 0 atom stereocenters. The smallest absolute Gasteiger partial charge is 0.287 e. The van der Waals surface area contributed by atoms with E-state index in [1.54, 1.807) is 0 Å². The molecule has 1 amide bonds. The number of nitrogens with zero attached hydrogens (tertiary/aromatic N) is 1. The van der Waals surface area contributed by atoms with Crippen molar-refractivity contribution in [2.45, 2.75) is 25.8 Å². The Morgan fingerprint density at radius 1 is 1.19 bits per heavy atom. The number of aryl methyl sites for hydroxylation is 1. The topological polar surface area (TPSA) is 45.5 Å². The minimum Gasteiger partial charge on any atom is -0.451 e. The highest BCUT2D eigenvalue weighted by Crippen LogP contribution is 2.36. The van der Waals surface area contributed by atoms with Gasteiger partial charge >= 0.3 is 0 Å². The van der Waals surface area contributed by atoms with Crippen LogP contribution < -0.4 is 5.32 Å². The molecule has 4 rings (SSSR count). The average molecular weight is 383 g/mol. The molecule has 1 aliphatic rings. The van der Waals surface area contributed by atoms with Crippen LogP contribution in [0.2, 0.25) is 5.02 Å². The van der Waals surface area contributed by atoms with Crippen molar-refractivity contribution in [3.8, 4) is 0 Å². The molecule has 0 spiro atoms. The second-order valence-electron chi connectivity index (χ2n) is 7.14. The molecule has 0 saturated carbocycles. The Morgan fingerprint density at radius 3 is 2.81 bits per heavy atom. The predicted octanol–water partition coefficient (Wildman–Crippen LogP) is 4.44. The fourth-order valence-electron chi connectivity index (χ4n) is 3.75. The zero-order chi connectivity index (χ0) is 18.8. The van der Waals surface area contributed by atoms with Crippen molar-refractivity contribution in [2.75, 3.05) is 20.1 Å². The van der Waals surface area contributed by atoms with E-state index in [1.807, 2.05) is 30.3 Å². The normalized spacial score (nSPS) is 14.3. The van der Waals surface area contributed by atoms with Crippen LogP contribution in [0.25, 0.3) is 11.0 Å². The number of likely N-dealkylation sites (N-methyl/N-ethyl adjacent to an activating group) is 1. The Bertz CT molecular complexity index is 965. The van der Waals surface area contributed by atoms with E-state index in [9.17, 15) is 4.79 Å². The highest BCUT2D eigenvalue weighted by atomic mass is 35.5. The summed E-state index contributed by atoms with van der Waals surface area (Å²) in [5.74, 6) is 0.272. The summed E-state index contributed by atoms with van der Waals surface area (Å²) >= 11 is 6.42. The Labute approximate surface area is 164 Å². The van der Waals surface area contributed by atoms with Gasteiger partial charge in [-0.05, 0) is 49.6 Å². The lowest BCUT2D eigenvalue weighted by molar-refractivity contribution is 0.0925. The number of carbonyl (C=O) groups is 1. The molecular weight excluding hydrogens is 360 g/mol. The minimum absolute atomic E-state index is 0.147. The van der Waals surface area contributed by atoms with Crippen LogP contribution in [0.15, 0.2) is 46.9 Å². The summed E-state index contributed by atoms with van der Waals surface area (Å²) in [4.78, 5) is 15.0. The summed E-state index contributed by atoms with van der Waals surface area (Å²) in [5.41, 5.74) is 4.06. The summed E-state index contributed by atoms with van der Waals surface area (Å²) < 4.78 is 5.95. The van der Waals surface area contributed by atoms with Gasteiger partial charge < -0.3 is 14.6 Å².